The third kappa shape index (κ3) is 5.64. The van der Waals surface area contributed by atoms with E-state index in [0.29, 0.717) is 30.4 Å². The van der Waals surface area contributed by atoms with Crippen LogP contribution in [0.3, 0.4) is 0 Å². The average Bonchev–Trinajstić information content (AvgIpc) is 3.46. The number of likely N-dealkylation sites (tertiary alicyclic amines) is 2. The molecule has 1 N–H and O–H groups in total. The minimum atomic E-state index is -0.0740. The second-order valence-electron chi connectivity index (χ2n) is 8.09. The van der Waals surface area contributed by atoms with E-state index >= 15 is 0 Å². The number of carbonyl (C=O) groups is 2. The summed E-state index contributed by atoms with van der Waals surface area (Å²) in [5.74, 6) is 0.0599. The Labute approximate surface area is 181 Å². The van der Waals surface area contributed by atoms with Gasteiger partial charge in [0, 0.05) is 43.3 Å². The van der Waals surface area contributed by atoms with Crippen molar-refractivity contribution in [2.75, 3.05) is 31.5 Å². The Morgan fingerprint density at radius 3 is 2.70 bits per heavy atom. The van der Waals surface area contributed by atoms with Crippen LogP contribution < -0.4 is 5.32 Å². The van der Waals surface area contributed by atoms with Gasteiger partial charge in [0.2, 0.25) is 11.8 Å². The number of rotatable bonds is 7. The van der Waals surface area contributed by atoms with Crippen molar-refractivity contribution in [2.45, 2.75) is 51.0 Å². The zero-order chi connectivity index (χ0) is 20.8. The van der Waals surface area contributed by atoms with Gasteiger partial charge in [-0.1, -0.05) is 6.07 Å². The van der Waals surface area contributed by atoms with Crippen LogP contribution in [0.2, 0.25) is 0 Å². The molecule has 2 aliphatic heterocycles. The van der Waals surface area contributed by atoms with E-state index in [1.165, 1.54) is 37.3 Å². The predicted molar refractivity (Wildman–Crippen MR) is 117 cm³/mol. The first-order valence-corrected chi connectivity index (χ1v) is 11.7. The smallest absolute Gasteiger partial charge is 0.228 e. The molecule has 4 heterocycles. The maximum atomic E-state index is 12.7. The zero-order valence-electron chi connectivity index (χ0n) is 17.3. The van der Waals surface area contributed by atoms with Gasteiger partial charge in [-0.25, -0.2) is 4.98 Å². The molecule has 0 saturated carbocycles. The molecule has 0 aliphatic carbocycles. The molecular formula is C22H29N5O2S. The van der Waals surface area contributed by atoms with Crippen LogP contribution in [0.4, 0.5) is 5.13 Å². The third-order valence-corrected chi connectivity index (χ3v) is 6.77. The lowest BCUT2D eigenvalue weighted by molar-refractivity contribution is -0.132. The SMILES string of the molecule is O=C(CCc1cccnc1)Nc1nc(CC(=O)N2CCC(N3CCCC3)CC2)cs1. The van der Waals surface area contributed by atoms with Gasteiger partial charge in [-0.3, -0.25) is 14.6 Å². The van der Waals surface area contributed by atoms with Crippen molar-refractivity contribution in [1.82, 2.24) is 19.8 Å². The minimum Gasteiger partial charge on any atom is -0.342 e. The summed E-state index contributed by atoms with van der Waals surface area (Å²) in [5, 5.41) is 5.26. The lowest BCUT2D eigenvalue weighted by atomic mass is 10.0. The number of anilines is 1. The molecular weight excluding hydrogens is 398 g/mol. The Morgan fingerprint density at radius 2 is 1.97 bits per heavy atom. The van der Waals surface area contributed by atoms with Crippen LogP contribution in [-0.2, 0) is 22.4 Å². The highest BCUT2D eigenvalue weighted by molar-refractivity contribution is 7.13. The van der Waals surface area contributed by atoms with E-state index in [1.54, 1.807) is 12.4 Å². The molecule has 8 heteroatoms. The number of hydrogen-bond donors (Lipinski definition) is 1. The normalized spacial score (nSPS) is 17.9. The van der Waals surface area contributed by atoms with E-state index in [9.17, 15) is 9.59 Å². The molecule has 2 aromatic heterocycles. The maximum absolute atomic E-state index is 12.7. The zero-order valence-corrected chi connectivity index (χ0v) is 18.1. The second kappa shape index (κ2) is 10.1. The summed E-state index contributed by atoms with van der Waals surface area (Å²) in [4.78, 5) is 37.9. The Hall–Kier alpha value is -2.32. The summed E-state index contributed by atoms with van der Waals surface area (Å²) < 4.78 is 0. The number of aromatic nitrogens is 2. The quantitative estimate of drug-likeness (QED) is 0.735. The molecule has 2 amide bonds. The van der Waals surface area contributed by atoms with E-state index in [4.69, 9.17) is 0 Å². The highest BCUT2D eigenvalue weighted by Crippen LogP contribution is 2.22. The van der Waals surface area contributed by atoms with Gasteiger partial charge in [-0.05, 0) is 56.8 Å². The van der Waals surface area contributed by atoms with Gasteiger partial charge in [0.1, 0.15) is 0 Å². The number of pyridine rings is 1. The molecule has 2 aliphatic rings. The molecule has 2 fully saturated rings. The fourth-order valence-corrected chi connectivity index (χ4v) is 5.01. The van der Waals surface area contributed by atoms with Gasteiger partial charge < -0.3 is 15.1 Å². The molecule has 2 aromatic rings. The number of thiazole rings is 1. The summed E-state index contributed by atoms with van der Waals surface area (Å²) in [6.07, 6.45) is 9.58. The fraction of sp³-hybridized carbons (Fsp3) is 0.545. The largest absolute Gasteiger partial charge is 0.342 e. The molecule has 0 unspecified atom stereocenters. The highest BCUT2D eigenvalue weighted by atomic mass is 32.1. The second-order valence-corrected chi connectivity index (χ2v) is 8.94. The molecule has 160 valence electrons. The Bertz CT molecular complexity index is 842. The molecule has 4 rings (SSSR count). The lowest BCUT2D eigenvalue weighted by Crippen LogP contribution is -2.46. The van der Waals surface area contributed by atoms with Crippen molar-refractivity contribution >= 4 is 28.3 Å². The number of nitrogens with one attached hydrogen (secondary N) is 1. The number of aryl methyl sites for hydroxylation is 1. The molecule has 0 radical (unpaired) electrons. The van der Waals surface area contributed by atoms with Gasteiger partial charge in [-0.2, -0.15) is 0 Å². The summed E-state index contributed by atoms with van der Waals surface area (Å²) in [7, 11) is 0. The Morgan fingerprint density at radius 1 is 1.17 bits per heavy atom. The van der Waals surface area contributed by atoms with E-state index in [-0.39, 0.29) is 11.8 Å². The fourth-order valence-electron chi connectivity index (χ4n) is 4.29. The molecule has 0 atom stereocenters. The van der Waals surface area contributed by atoms with Gasteiger partial charge in [0.25, 0.3) is 0 Å². The van der Waals surface area contributed by atoms with E-state index in [1.807, 2.05) is 22.4 Å². The van der Waals surface area contributed by atoms with Gasteiger partial charge in [-0.15, -0.1) is 11.3 Å². The van der Waals surface area contributed by atoms with Crippen molar-refractivity contribution in [3.63, 3.8) is 0 Å². The van der Waals surface area contributed by atoms with Gasteiger partial charge in [0.15, 0.2) is 5.13 Å². The Balaban J connectivity index is 1.20. The van der Waals surface area contributed by atoms with Crippen LogP contribution >= 0.6 is 11.3 Å². The van der Waals surface area contributed by atoms with Crippen LogP contribution in [0.1, 0.15) is 43.4 Å². The number of carbonyl (C=O) groups excluding carboxylic acids is 2. The number of piperidine rings is 1. The third-order valence-electron chi connectivity index (χ3n) is 5.97. The molecule has 7 nitrogen and oxygen atoms in total. The van der Waals surface area contributed by atoms with Crippen LogP contribution in [-0.4, -0.2) is 63.8 Å². The Kier molecular flexibility index (Phi) is 7.07. The lowest BCUT2D eigenvalue weighted by Gasteiger charge is -2.36. The minimum absolute atomic E-state index is 0.0740. The van der Waals surface area contributed by atoms with Crippen molar-refractivity contribution in [2.24, 2.45) is 0 Å². The first-order valence-electron chi connectivity index (χ1n) is 10.8. The first kappa shape index (κ1) is 20.9. The summed E-state index contributed by atoms with van der Waals surface area (Å²) in [6, 6.07) is 4.47. The highest BCUT2D eigenvalue weighted by Gasteiger charge is 2.28. The van der Waals surface area contributed by atoms with Crippen molar-refractivity contribution in [3.05, 3.63) is 41.2 Å². The summed E-state index contributed by atoms with van der Waals surface area (Å²) >= 11 is 1.37. The standard InChI is InChI=1S/C22H29N5O2S/c28-20(6-5-17-4-3-9-23-15-17)25-22-24-18(16-30-22)14-21(29)27-12-7-19(8-13-27)26-10-1-2-11-26/h3-4,9,15-16,19H,1-2,5-8,10-14H2,(H,24,25,28). The van der Waals surface area contributed by atoms with Crippen LogP contribution in [0.5, 0.6) is 0 Å². The molecule has 0 bridgehead atoms. The van der Waals surface area contributed by atoms with Crippen molar-refractivity contribution in [3.8, 4) is 0 Å². The summed E-state index contributed by atoms with van der Waals surface area (Å²) in [5.41, 5.74) is 1.76. The molecule has 0 spiro atoms. The van der Waals surface area contributed by atoms with Gasteiger partial charge >= 0.3 is 0 Å². The van der Waals surface area contributed by atoms with E-state index in [0.717, 1.165) is 37.2 Å². The van der Waals surface area contributed by atoms with E-state index in [2.05, 4.69) is 20.2 Å². The van der Waals surface area contributed by atoms with Crippen molar-refractivity contribution < 1.29 is 9.59 Å². The van der Waals surface area contributed by atoms with Gasteiger partial charge in [0.05, 0.1) is 12.1 Å². The maximum Gasteiger partial charge on any atom is 0.228 e. The first-order chi connectivity index (χ1) is 14.7. The monoisotopic (exact) mass is 427 g/mol. The topological polar surface area (TPSA) is 78.4 Å². The average molecular weight is 428 g/mol. The number of hydrogen-bond acceptors (Lipinski definition) is 6. The summed E-state index contributed by atoms with van der Waals surface area (Å²) in [6.45, 7) is 4.10. The van der Waals surface area contributed by atoms with E-state index < -0.39 is 0 Å². The molecule has 2 saturated heterocycles. The predicted octanol–water partition coefficient (Wildman–Crippen LogP) is 2.74. The molecule has 30 heavy (non-hydrogen) atoms. The number of nitrogens with zero attached hydrogens (tertiary/aromatic N) is 4. The van der Waals surface area contributed by atoms with Crippen LogP contribution in [0.15, 0.2) is 29.9 Å². The van der Waals surface area contributed by atoms with Crippen LogP contribution in [0.25, 0.3) is 0 Å². The molecule has 0 aromatic carbocycles. The number of amides is 2. The van der Waals surface area contributed by atoms with Crippen molar-refractivity contribution in [1.29, 1.82) is 0 Å². The van der Waals surface area contributed by atoms with Crippen LogP contribution in [0, 0.1) is 0 Å².